The summed E-state index contributed by atoms with van der Waals surface area (Å²) in [5.74, 6) is -0.721. The molecule has 0 atom stereocenters. The molecule has 9 heteroatoms. The number of aromatic nitrogens is 1. The van der Waals surface area contributed by atoms with Crippen LogP contribution in [0.5, 0.6) is 17.2 Å². The van der Waals surface area contributed by atoms with Crippen LogP contribution in [0.4, 0.5) is 10.5 Å². The van der Waals surface area contributed by atoms with Crippen molar-refractivity contribution in [3.05, 3.63) is 89.6 Å². The second-order valence-electron chi connectivity index (χ2n) is 8.56. The van der Waals surface area contributed by atoms with Crippen LogP contribution in [0.25, 0.3) is 17.0 Å². The molecular weight excluding hydrogens is 486 g/mol. The molecule has 4 amide bonds. The summed E-state index contributed by atoms with van der Waals surface area (Å²) in [5.41, 5.74) is 2.71. The monoisotopic (exact) mass is 511 g/mol. The van der Waals surface area contributed by atoms with Crippen LogP contribution in [-0.4, -0.2) is 43.7 Å². The van der Waals surface area contributed by atoms with Gasteiger partial charge in [0, 0.05) is 41.3 Å². The second-order valence-corrected chi connectivity index (χ2v) is 8.56. The van der Waals surface area contributed by atoms with Crippen molar-refractivity contribution >= 4 is 40.5 Å². The summed E-state index contributed by atoms with van der Waals surface area (Å²) in [7, 11) is 4.31. The lowest BCUT2D eigenvalue weighted by Gasteiger charge is -2.27. The smallest absolute Gasteiger partial charge is 0.335 e. The van der Waals surface area contributed by atoms with Crippen molar-refractivity contribution in [3.8, 4) is 17.2 Å². The van der Waals surface area contributed by atoms with E-state index in [-0.39, 0.29) is 22.8 Å². The van der Waals surface area contributed by atoms with Crippen molar-refractivity contribution in [2.24, 2.45) is 0 Å². The Balaban J connectivity index is 1.58. The Hall–Kier alpha value is -5.05. The Labute approximate surface area is 218 Å². The standard InChI is InChI=1S/C29H25N3O6/c1-36-24-14-20(15-25(37-2)26(24)38-3)32-28(34)22(27(33)30-29(32)35)13-19-17-31(16-18-9-5-4-6-10-18)23-12-8-7-11-21(19)23/h4-15,17H,16H2,1-3H3,(H,30,33,35)/b22-13+. The number of anilines is 1. The van der Waals surface area contributed by atoms with E-state index in [1.165, 1.54) is 39.5 Å². The lowest BCUT2D eigenvalue weighted by molar-refractivity contribution is -0.122. The Morgan fingerprint density at radius 1 is 0.842 bits per heavy atom. The van der Waals surface area contributed by atoms with E-state index in [0.717, 1.165) is 21.4 Å². The lowest BCUT2D eigenvalue weighted by Crippen LogP contribution is -2.54. The number of rotatable bonds is 7. The number of carbonyl (C=O) groups is 3. The van der Waals surface area contributed by atoms with Crippen LogP contribution in [0.2, 0.25) is 0 Å². The molecule has 4 aromatic rings. The molecule has 1 N–H and O–H groups in total. The average Bonchev–Trinajstić information content (AvgIpc) is 3.27. The van der Waals surface area contributed by atoms with Gasteiger partial charge in [0.05, 0.1) is 27.0 Å². The molecular formula is C29H25N3O6. The third-order valence-electron chi connectivity index (χ3n) is 6.32. The van der Waals surface area contributed by atoms with Gasteiger partial charge in [0.1, 0.15) is 5.57 Å². The molecule has 38 heavy (non-hydrogen) atoms. The van der Waals surface area contributed by atoms with Crippen LogP contribution in [0.15, 0.2) is 78.5 Å². The number of imide groups is 2. The molecule has 0 aliphatic carbocycles. The predicted octanol–water partition coefficient (Wildman–Crippen LogP) is 4.38. The molecule has 3 aromatic carbocycles. The Bertz CT molecular complexity index is 1560. The fourth-order valence-electron chi connectivity index (χ4n) is 4.54. The molecule has 2 heterocycles. The van der Waals surface area contributed by atoms with Gasteiger partial charge in [0.2, 0.25) is 5.75 Å². The number of barbiturate groups is 1. The van der Waals surface area contributed by atoms with Gasteiger partial charge in [-0.1, -0.05) is 48.5 Å². The highest BCUT2D eigenvalue weighted by Gasteiger charge is 2.38. The first kappa shape index (κ1) is 24.6. The Morgan fingerprint density at radius 3 is 2.16 bits per heavy atom. The highest BCUT2D eigenvalue weighted by molar-refractivity contribution is 6.39. The fraction of sp³-hybridized carbons (Fsp3) is 0.138. The summed E-state index contributed by atoms with van der Waals surface area (Å²) in [6.07, 6.45) is 3.41. The molecule has 0 radical (unpaired) electrons. The van der Waals surface area contributed by atoms with Crippen LogP contribution in [0, 0.1) is 0 Å². The number of benzene rings is 3. The van der Waals surface area contributed by atoms with Crippen molar-refractivity contribution in [3.63, 3.8) is 0 Å². The zero-order valence-corrected chi connectivity index (χ0v) is 21.1. The normalized spacial score (nSPS) is 14.7. The van der Waals surface area contributed by atoms with Crippen LogP contribution >= 0.6 is 0 Å². The highest BCUT2D eigenvalue weighted by atomic mass is 16.5. The number of hydrogen-bond donors (Lipinski definition) is 1. The SMILES string of the molecule is COc1cc(N2C(=O)NC(=O)/C(=C\c3cn(Cc4ccccc4)c4ccccc34)C2=O)cc(OC)c1OC. The first-order valence-electron chi connectivity index (χ1n) is 11.8. The van der Waals surface area contributed by atoms with Crippen molar-refractivity contribution in [1.82, 2.24) is 9.88 Å². The van der Waals surface area contributed by atoms with Gasteiger partial charge in [-0.2, -0.15) is 0 Å². The minimum absolute atomic E-state index is 0.159. The van der Waals surface area contributed by atoms with E-state index in [0.29, 0.717) is 17.9 Å². The Morgan fingerprint density at radius 2 is 1.50 bits per heavy atom. The van der Waals surface area contributed by atoms with Crippen LogP contribution in [0.1, 0.15) is 11.1 Å². The first-order chi connectivity index (χ1) is 18.4. The van der Waals surface area contributed by atoms with Crippen molar-refractivity contribution in [2.75, 3.05) is 26.2 Å². The summed E-state index contributed by atoms with van der Waals surface area (Å²) in [6.45, 7) is 0.612. The molecule has 1 saturated heterocycles. The number of urea groups is 1. The number of hydrogen-bond acceptors (Lipinski definition) is 6. The summed E-state index contributed by atoms with van der Waals surface area (Å²) < 4.78 is 18.1. The number of methoxy groups -OCH3 is 3. The van der Waals surface area contributed by atoms with Gasteiger partial charge in [-0.25, -0.2) is 9.69 Å². The lowest BCUT2D eigenvalue weighted by atomic mass is 10.1. The maximum atomic E-state index is 13.6. The van der Waals surface area contributed by atoms with E-state index in [1.807, 2.05) is 60.8 Å². The molecule has 192 valence electrons. The minimum Gasteiger partial charge on any atom is -0.493 e. The van der Waals surface area contributed by atoms with E-state index in [2.05, 4.69) is 9.88 Å². The maximum Gasteiger partial charge on any atom is 0.335 e. The van der Waals surface area contributed by atoms with E-state index in [1.54, 1.807) is 0 Å². The number of carbonyl (C=O) groups excluding carboxylic acids is 3. The number of nitrogens with zero attached hydrogens (tertiary/aromatic N) is 2. The molecule has 0 bridgehead atoms. The van der Waals surface area contributed by atoms with Gasteiger partial charge in [-0.15, -0.1) is 0 Å². The van der Waals surface area contributed by atoms with Crippen LogP contribution in [0.3, 0.4) is 0 Å². The second kappa shape index (κ2) is 10.1. The molecule has 1 aliphatic heterocycles. The third-order valence-corrected chi connectivity index (χ3v) is 6.32. The van der Waals surface area contributed by atoms with Gasteiger partial charge in [0.25, 0.3) is 11.8 Å². The zero-order chi connectivity index (χ0) is 26.8. The van der Waals surface area contributed by atoms with Crippen LogP contribution in [-0.2, 0) is 16.1 Å². The predicted molar refractivity (Wildman–Crippen MR) is 143 cm³/mol. The van der Waals surface area contributed by atoms with E-state index < -0.39 is 17.8 Å². The number of fused-ring (bicyclic) bond motifs is 1. The zero-order valence-electron chi connectivity index (χ0n) is 21.1. The molecule has 1 aromatic heterocycles. The van der Waals surface area contributed by atoms with Crippen molar-refractivity contribution in [1.29, 1.82) is 0 Å². The topological polar surface area (TPSA) is 99.1 Å². The quantitative estimate of drug-likeness (QED) is 0.292. The first-order valence-corrected chi connectivity index (χ1v) is 11.8. The van der Waals surface area contributed by atoms with Gasteiger partial charge >= 0.3 is 6.03 Å². The molecule has 9 nitrogen and oxygen atoms in total. The molecule has 0 unspecified atom stereocenters. The molecule has 5 rings (SSSR count). The van der Waals surface area contributed by atoms with Gasteiger partial charge in [0.15, 0.2) is 11.5 Å². The molecule has 1 aliphatic rings. The fourth-order valence-corrected chi connectivity index (χ4v) is 4.54. The average molecular weight is 512 g/mol. The summed E-state index contributed by atoms with van der Waals surface area (Å²) in [6, 6.07) is 19.8. The summed E-state index contributed by atoms with van der Waals surface area (Å²) in [5, 5.41) is 3.13. The molecule has 1 fully saturated rings. The largest absolute Gasteiger partial charge is 0.493 e. The van der Waals surface area contributed by atoms with Gasteiger partial charge in [-0.3, -0.25) is 14.9 Å². The van der Waals surface area contributed by atoms with Gasteiger partial charge in [-0.05, 0) is 17.7 Å². The molecule has 0 spiro atoms. The maximum absolute atomic E-state index is 13.6. The Kier molecular flexibility index (Phi) is 6.57. The van der Waals surface area contributed by atoms with E-state index in [4.69, 9.17) is 14.2 Å². The minimum atomic E-state index is -0.877. The van der Waals surface area contributed by atoms with E-state index >= 15 is 0 Å². The summed E-state index contributed by atoms with van der Waals surface area (Å²) in [4.78, 5) is 40.1. The third kappa shape index (κ3) is 4.34. The van der Waals surface area contributed by atoms with Crippen LogP contribution < -0.4 is 24.4 Å². The number of para-hydroxylation sites is 1. The summed E-state index contributed by atoms with van der Waals surface area (Å²) >= 11 is 0. The number of amides is 4. The van der Waals surface area contributed by atoms with Crippen molar-refractivity contribution < 1.29 is 28.6 Å². The number of nitrogens with one attached hydrogen (secondary N) is 1. The van der Waals surface area contributed by atoms with E-state index in [9.17, 15) is 14.4 Å². The van der Waals surface area contributed by atoms with Gasteiger partial charge < -0.3 is 18.8 Å². The van der Waals surface area contributed by atoms with Crippen molar-refractivity contribution in [2.45, 2.75) is 6.54 Å². The number of ether oxygens (including phenoxy) is 3. The molecule has 0 saturated carbocycles. The highest BCUT2D eigenvalue weighted by Crippen LogP contribution is 2.41.